The number of amides is 1. The van der Waals surface area contributed by atoms with E-state index in [-0.39, 0.29) is 17.9 Å². The van der Waals surface area contributed by atoms with Gasteiger partial charge in [-0.15, -0.1) is 0 Å². The van der Waals surface area contributed by atoms with E-state index in [1.165, 1.54) is 11.3 Å². The molecule has 1 heterocycles. The van der Waals surface area contributed by atoms with Gasteiger partial charge in [0.1, 0.15) is 0 Å². The summed E-state index contributed by atoms with van der Waals surface area (Å²) in [4.78, 5) is 18.0. The van der Waals surface area contributed by atoms with Gasteiger partial charge in [0, 0.05) is 56.1 Å². The van der Waals surface area contributed by atoms with Crippen LogP contribution in [0.1, 0.15) is 46.8 Å². The first kappa shape index (κ1) is 25.1. The zero-order valence-electron chi connectivity index (χ0n) is 21.9. The number of nitrogens with zero attached hydrogens (tertiary/aromatic N) is 4. The molecule has 1 aliphatic carbocycles. The Bertz CT molecular complexity index is 1330. The molecule has 2 atom stereocenters. The van der Waals surface area contributed by atoms with Gasteiger partial charge in [0.15, 0.2) is 0 Å². The highest BCUT2D eigenvalue weighted by Gasteiger charge is 2.43. The summed E-state index contributed by atoms with van der Waals surface area (Å²) in [6.07, 6.45) is 5.27. The zero-order valence-corrected chi connectivity index (χ0v) is 22.6. The van der Waals surface area contributed by atoms with Crippen LogP contribution < -0.4 is 9.80 Å². The van der Waals surface area contributed by atoms with Gasteiger partial charge >= 0.3 is 0 Å². The quantitative estimate of drug-likeness (QED) is 0.373. The SMILES string of the molecule is CN(C)c1ccc(/C=C2/CCCC3C2=NN(C(=O)c2ccc(Cl)cc2)C3c2ccc(N(C)C)cc2)cc1. The van der Waals surface area contributed by atoms with Crippen LogP contribution >= 0.6 is 11.6 Å². The summed E-state index contributed by atoms with van der Waals surface area (Å²) in [7, 11) is 8.16. The third kappa shape index (κ3) is 5.14. The maximum absolute atomic E-state index is 13.8. The molecule has 3 aromatic carbocycles. The van der Waals surface area contributed by atoms with Gasteiger partial charge in [-0.05, 0) is 90.6 Å². The molecule has 1 amide bonds. The van der Waals surface area contributed by atoms with E-state index in [2.05, 4.69) is 64.4 Å². The summed E-state index contributed by atoms with van der Waals surface area (Å²) < 4.78 is 0. The third-order valence-electron chi connectivity index (χ3n) is 7.30. The van der Waals surface area contributed by atoms with Crippen LogP contribution in [-0.4, -0.2) is 44.8 Å². The van der Waals surface area contributed by atoms with Gasteiger partial charge in [0.05, 0.1) is 11.8 Å². The predicted molar refractivity (Wildman–Crippen MR) is 155 cm³/mol. The van der Waals surface area contributed by atoms with Crippen LogP contribution in [0.4, 0.5) is 11.4 Å². The molecule has 2 unspecified atom stereocenters. The van der Waals surface area contributed by atoms with E-state index in [0.717, 1.165) is 41.8 Å². The van der Waals surface area contributed by atoms with E-state index in [1.807, 2.05) is 28.2 Å². The number of allylic oxidation sites excluding steroid dienone is 1. The number of hydrogen-bond acceptors (Lipinski definition) is 4. The van der Waals surface area contributed by atoms with Crippen LogP contribution in [0, 0.1) is 5.92 Å². The number of hydrazone groups is 1. The van der Waals surface area contributed by atoms with Crippen molar-refractivity contribution in [3.05, 3.63) is 100 Å². The number of carbonyl (C=O) groups excluding carboxylic acids is 1. The number of halogens is 1. The van der Waals surface area contributed by atoms with E-state index in [1.54, 1.807) is 29.3 Å². The Hall–Kier alpha value is -3.57. The second-order valence-corrected chi connectivity index (χ2v) is 10.7. The molecule has 0 radical (unpaired) electrons. The van der Waals surface area contributed by atoms with Crippen LogP contribution in [0.3, 0.4) is 0 Å². The fourth-order valence-electron chi connectivity index (χ4n) is 5.27. The van der Waals surface area contributed by atoms with Crippen LogP contribution in [0.5, 0.6) is 0 Å². The molecule has 5 nitrogen and oxygen atoms in total. The molecular formula is C31H33ClN4O. The van der Waals surface area contributed by atoms with Crippen LogP contribution in [0.25, 0.3) is 6.08 Å². The third-order valence-corrected chi connectivity index (χ3v) is 7.55. The Morgan fingerprint density at radius 2 is 1.49 bits per heavy atom. The van der Waals surface area contributed by atoms with Crippen LogP contribution in [0.2, 0.25) is 5.02 Å². The minimum absolute atomic E-state index is 0.102. The van der Waals surface area contributed by atoms with Crippen molar-refractivity contribution in [3.8, 4) is 0 Å². The lowest BCUT2D eigenvalue weighted by atomic mass is 9.77. The summed E-state index contributed by atoms with van der Waals surface area (Å²) in [5.41, 5.74) is 7.40. The first-order chi connectivity index (χ1) is 17.8. The van der Waals surface area contributed by atoms with E-state index in [4.69, 9.17) is 16.7 Å². The van der Waals surface area contributed by atoms with Gasteiger partial charge in [-0.1, -0.05) is 35.9 Å². The lowest BCUT2D eigenvalue weighted by molar-refractivity contribution is 0.0681. The molecule has 0 spiro atoms. The second kappa shape index (κ2) is 10.4. The van der Waals surface area contributed by atoms with Crippen molar-refractivity contribution in [2.45, 2.75) is 25.3 Å². The molecule has 1 aliphatic heterocycles. The lowest BCUT2D eigenvalue weighted by Gasteiger charge is -2.30. The minimum Gasteiger partial charge on any atom is -0.378 e. The molecule has 190 valence electrons. The maximum atomic E-state index is 13.8. The first-order valence-corrected chi connectivity index (χ1v) is 13.1. The Kier molecular flexibility index (Phi) is 7.07. The molecule has 1 fully saturated rings. The highest BCUT2D eigenvalue weighted by molar-refractivity contribution is 6.30. The van der Waals surface area contributed by atoms with Crippen molar-refractivity contribution in [2.24, 2.45) is 11.0 Å². The van der Waals surface area contributed by atoms with Gasteiger partial charge in [0.2, 0.25) is 0 Å². The fraction of sp³-hybridized carbons (Fsp3) is 0.290. The molecular weight excluding hydrogens is 480 g/mol. The number of benzene rings is 3. The number of fused-ring (bicyclic) bond motifs is 1. The summed E-state index contributed by atoms with van der Waals surface area (Å²) in [5, 5.41) is 7.35. The van der Waals surface area contributed by atoms with Crippen molar-refractivity contribution in [2.75, 3.05) is 38.0 Å². The van der Waals surface area contributed by atoms with Crippen molar-refractivity contribution in [1.29, 1.82) is 0 Å². The summed E-state index contributed by atoms with van der Waals surface area (Å²) in [5.74, 6) is 0.0532. The molecule has 0 saturated heterocycles. The average molecular weight is 513 g/mol. The fourth-order valence-corrected chi connectivity index (χ4v) is 5.39. The first-order valence-electron chi connectivity index (χ1n) is 12.7. The standard InChI is InChI=1S/C31H33ClN4O/c1-34(2)26-16-8-21(9-17-26)20-24-6-5-7-28-29(24)33-36(31(37)23-10-14-25(32)15-11-23)30(28)22-12-18-27(19-13-22)35(3)4/h8-20,28,30H,5-7H2,1-4H3/b24-20-. The van der Waals surface area contributed by atoms with Gasteiger partial charge in [0.25, 0.3) is 5.91 Å². The number of anilines is 2. The smallest absolute Gasteiger partial charge is 0.274 e. The van der Waals surface area contributed by atoms with E-state index in [0.29, 0.717) is 10.6 Å². The van der Waals surface area contributed by atoms with E-state index in [9.17, 15) is 4.79 Å². The Morgan fingerprint density at radius 1 is 0.892 bits per heavy atom. The van der Waals surface area contributed by atoms with Gasteiger partial charge in [-0.3, -0.25) is 4.79 Å². The lowest BCUT2D eigenvalue weighted by Crippen LogP contribution is -2.32. The Balaban J connectivity index is 1.54. The van der Waals surface area contributed by atoms with E-state index >= 15 is 0 Å². The van der Waals surface area contributed by atoms with Crippen molar-refractivity contribution >= 4 is 40.7 Å². The normalized spacial score (nSPS) is 20.0. The van der Waals surface area contributed by atoms with Gasteiger partial charge in [-0.2, -0.15) is 5.10 Å². The summed E-state index contributed by atoms with van der Waals surface area (Å²) in [6, 6.07) is 24.0. The highest BCUT2D eigenvalue weighted by atomic mass is 35.5. The largest absolute Gasteiger partial charge is 0.378 e. The van der Waals surface area contributed by atoms with Crippen LogP contribution in [-0.2, 0) is 0 Å². The number of hydrogen-bond donors (Lipinski definition) is 0. The molecule has 6 heteroatoms. The minimum atomic E-state index is -0.144. The Labute approximate surface area is 224 Å². The zero-order chi connectivity index (χ0) is 26.1. The van der Waals surface area contributed by atoms with Crippen molar-refractivity contribution in [3.63, 3.8) is 0 Å². The highest BCUT2D eigenvalue weighted by Crippen LogP contribution is 2.45. The van der Waals surface area contributed by atoms with Crippen molar-refractivity contribution in [1.82, 2.24) is 5.01 Å². The topological polar surface area (TPSA) is 39.1 Å². The average Bonchev–Trinajstić information content (AvgIpc) is 3.30. The molecule has 5 rings (SSSR count). The van der Waals surface area contributed by atoms with E-state index < -0.39 is 0 Å². The monoisotopic (exact) mass is 512 g/mol. The second-order valence-electron chi connectivity index (χ2n) is 10.2. The van der Waals surface area contributed by atoms with Gasteiger partial charge < -0.3 is 9.80 Å². The number of carbonyl (C=O) groups is 1. The van der Waals surface area contributed by atoms with Crippen LogP contribution in [0.15, 0.2) is 83.5 Å². The predicted octanol–water partition coefficient (Wildman–Crippen LogP) is 6.91. The van der Waals surface area contributed by atoms with Gasteiger partial charge in [-0.25, -0.2) is 5.01 Å². The summed E-state index contributed by atoms with van der Waals surface area (Å²) >= 11 is 6.10. The molecule has 3 aromatic rings. The molecule has 37 heavy (non-hydrogen) atoms. The molecule has 2 aliphatic rings. The Morgan fingerprint density at radius 3 is 2.08 bits per heavy atom. The summed E-state index contributed by atoms with van der Waals surface area (Å²) in [6.45, 7) is 0. The van der Waals surface area contributed by atoms with Crippen molar-refractivity contribution < 1.29 is 4.79 Å². The molecule has 1 saturated carbocycles. The molecule has 0 N–H and O–H groups in total. The molecule has 0 bridgehead atoms. The molecule has 0 aromatic heterocycles. The maximum Gasteiger partial charge on any atom is 0.274 e. The number of rotatable bonds is 5.